The molecule has 0 aliphatic carbocycles. The molecule has 0 radical (unpaired) electrons. The van der Waals surface area contributed by atoms with Crippen molar-refractivity contribution in [2.75, 3.05) is 14.2 Å². The Kier molecular flexibility index (Phi) is 3.42. The predicted octanol–water partition coefficient (Wildman–Crippen LogP) is 3.48. The quantitative estimate of drug-likeness (QED) is 0.849. The number of hydrazone groups is 1. The van der Waals surface area contributed by atoms with Crippen LogP contribution in [0.2, 0.25) is 0 Å². The molecule has 0 saturated carbocycles. The van der Waals surface area contributed by atoms with Crippen molar-refractivity contribution in [3.63, 3.8) is 0 Å². The maximum absolute atomic E-state index is 5.21. The zero-order chi connectivity index (χ0) is 13.9. The molecule has 0 fully saturated rings. The summed E-state index contributed by atoms with van der Waals surface area (Å²) in [5, 5.41) is 6.72. The highest BCUT2D eigenvalue weighted by molar-refractivity contribution is 6.01. The molecule has 0 amide bonds. The number of rotatable bonds is 3. The maximum Gasteiger partial charge on any atom is 0.118 e. The van der Waals surface area contributed by atoms with Gasteiger partial charge in [-0.15, -0.1) is 0 Å². The van der Waals surface area contributed by atoms with E-state index in [1.165, 1.54) is 11.1 Å². The number of benzene rings is 2. The highest BCUT2D eigenvalue weighted by Crippen LogP contribution is 2.31. The van der Waals surface area contributed by atoms with Crippen LogP contribution in [-0.2, 0) is 0 Å². The monoisotopic (exact) mass is 266 g/mol. The van der Waals surface area contributed by atoms with E-state index in [9.17, 15) is 0 Å². The van der Waals surface area contributed by atoms with Crippen LogP contribution in [0.1, 0.15) is 23.6 Å². The Morgan fingerprint density at radius 1 is 1.05 bits per heavy atom. The summed E-state index contributed by atoms with van der Waals surface area (Å²) >= 11 is 0. The van der Waals surface area contributed by atoms with Crippen molar-refractivity contribution in [2.45, 2.75) is 12.5 Å². The van der Waals surface area contributed by atoms with Crippen LogP contribution in [0.5, 0.6) is 5.75 Å². The fraction of sp³-hybridized carbons (Fsp3) is 0.235. The predicted molar refractivity (Wildman–Crippen MR) is 81.1 cm³/mol. The molecule has 3 nitrogen and oxygen atoms in total. The van der Waals surface area contributed by atoms with Crippen LogP contribution in [-0.4, -0.2) is 24.9 Å². The third kappa shape index (κ3) is 2.39. The second-order valence-electron chi connectivity index (χ2n) is 4.98. The van der Waals surface area contributed by atoms with Gasteiger partial charge in [0.2, 0.25) is 0 Å². The van der Waals surface area contributed by atoms with Gasteiger partial charge in [-0.1, -0.05) is 42.5 Å². The molecule has 1 aliphatic rings. The summed E-state index contributed by atoms with van der Waals surface area (Å²) in [6.07, 6.45) is 0.937. The van der Waals surface area contributed by atoms with Crippen molar-refractivity contribution >= 4 is 5.71 Å². The van der Waals surface area contributed by atoms with Gasteiger partial charge in [-0.05, 0) is 23.3 Å². The van der Waals surface area contributed by atoms with Crippen LogP contribution in [0, 0.1) is 0 Å². The SMILES string of the molecule is COc1ccc(C2CC(c3ccccc3)=NN2C)cc1. The lowest BCUT2D eigenvalue weighted by atomic mass is 9.98. The first-order valence-corrected chi connectivity index (χ1v) is 6.77. The van der Waals surface area contributed by atoms with Gasteiger partial charge in [0.1, 0.15) is 5.75 Å². The molecule has 2 aromatic carbocycles. The van der Waals surface area contributed by atoms with E-state index in [0.29, 0.717) is 6.04 Å². The second kappa shape index (κ2) is 5.37. The minimum Gasteiger partial charge on any atom is -0.497 e. The fourth-order valence-electron chi connectivity index (χ4n) is 2.58. The van der Waals surface area contributed by atoms with Crippen molar-refractivity contribution in [1.29, 1.82) is 0 Å². The Morgan fingerprint density at radius 2 is 1.75 bits per heavy atom. The molecule has 0 bridgehead atoms. The molecular formula is C17H18N2O. The van der Waals surface area contributed by atoms with Crippen molar-refractivity contribution in [2.24, 2.45) is 5.10 Å². The topological polar surface area (TPSA) is 24.8 Å². The Morgan fingerprint density at radius 3 is 2.40 bits per heavy atom. The van der Waals surface area contributed by atoms with Crippen LogP contribution in [0.4, 0.5) is 0 Å². The Balaban J connectivity index is 1.81. The summed E-state index contributed by atoms with van der Waals surface area (Å²) < 4.78 is 5.21. The fourth-order valence-corrected chi connectivity index (χ4v) is 2.58. The zero-order valence-electron chi connectivity index (χ0n) is 11.8. The van der Waals surface area contributed by atoms with Crippen molar-refractivity contribution in [1.82, 2.24) is 5.01 Å². The van der Waals surface area contributed by atoms with Crippen LogP contribution in [0.15, 0.2) is 59.7 Å². The second-order valence-corrected chi connectivity index (χ2v) is 4.98. The molecule has 1 aliphatic heterocycles. The van der Waals surface area contributed by atoms with Crippen molar-refractivity contribution < 1.29 is 4.74 Å². The van der Waals surface area contributed by atoms with Crippen LogP contribution in [0.25, 0.3) is 0 Å². The average Bonchev–Trinajstić information content (AvgIpc) is 2.90. The van der Waals surface area contributed by atoms with Gasteiger partial charge in [0.05, 0.1) is 18.9 Å². The molecule has 0 N–H and O–H groups in total. The lowest BCUT2D eigenvalue weighted by Crippen LogP contribution is -2.13. The summed E-state index contributed by atoms with van der Waals surface area (Å²) in [7, 11) is 3.72. The van der Waals surface area contributed by atoms with E-state index in [-0.39, 0.29) is 0 Å². The molecule has 2 aromatic rings. The van der Waals surface area contributed by atoms with Crippen LogP contribution < -0.4 is 4.74 Å². The number of hydrogen-bond donors (Lipinski definition) is 0. The molecule has 20 heavy (non-hydrogen) atoms. The summed E-state index contributed by atoms with van der Waals surface area (Å²) in [4.78, 5) is 0. The zero-order valence-corrected chi connectivity index (χ0v) is 11.8. The molecule has 1 atom stereocenters. The number of nitrogens with zero attached hydrogens (tertiary/aromatic N) is 2. The van der Waals surface area contributed by atoms with E-state index in [1.807, 2.05) is 30.3 Å². The highest BCUT2D eigenvalue weighted by Gasteiger charge is 2.25. The summed E-state index contributed by atoms with van der Waals surface area (Å²) in [5.41, 5.74) is 3.62. The lowest BCUT2D eigenvalue weighted by molar-refractivity contribution is 0.289. The lowest BCUT2D eigenvalue weighted by Gasteiger charge is -2.19. The molecule has 3 heteroatoms. The van der Waals surface area contributed by atoms with Crippen LogP contribution >= 0.6 is 0 Å². The standard InChI is InChI=1S/C17H18N2O/c1-19-17(14-8-10-15(20-2)11-9-14)12-16(18-19)13-6-4-3-5-7-13/h3-11,17H,12H2,1-2H3. The van der Waals surface area contributed by atoms with Gasteiger partial charge in [-0.3, -0.25) is 5.01 Å². The van der Waals surface area contributed by atoms with Crippen LogP contribution in [0.3, 0.4) is 0 Å². The number of methoxy groups -OCH3 is 1. The first-order chi connectivity index (χ1) is 9.78. The van der Waals surface area contributed by atoms with Gasteiger partial charge >= 0.3 is 0 Å². The largest absolute Gasteiger partial charge is 0.497 e. The van der Waals surface area contributed by atoms with Crippen molar-refractivity contribution in [3.8, 4) is 5.75 Å². The minimum atomic E-state index is 0.302. The number of hydrogen-bond acceptors (Lipinski definition) is 3. The van der Waals surface area contributed by atoms with Gasteiger partial charge in [0.25, 0.3) is 0 Å². The normalized spacial score (nSPS) is 18.0. The maximum atomic E-state index is 5.21. The molecular weight excluding hydrogens is 248 g/mol. The number of ether oxygens (including phenoxy) is 1. The Labute approximate surface area is 119 Å². The molecule has 0 saturated heterocycles. The molecule has 102 valence electrons. The molecule has 1 heterocycles. The minimum absolute atomic E-state index is 0.302. The van der Waals surface area contributed by atoms with E-state index < -0.39 is 0 Å². The summed E-state index contributed by atoms with van der Waals surface area (Å²) in [6, 6.07) is 18.9. The molecule has 0 aromatic heterocycles. The molecule has 1 unspecified atom stereocenters. The van der Waals surface area contributed by atoms with Gasteiger partial charge in [-0.2, -0.15) is 5.10 Å². The Hall–Kier alpha value is -2.29. The van der Waals surface area contributed by atoms with E-state index in [4.69, 9.17) is 4.74 Å². The highest BCUT2D eigenvalue weighted by atomic mass is 16.5. The average molecular weight is 266 g/mol. The first kappa shape index (κ1) is 12.7. The third-order valence-corrected chi connectivity index (χ3v) is 3.72. The molecule has 3 rings (SSSR count). The smallest absolute Gasteiger partial charge is 0.118 e. The van der Waals surface area contributed by atoms with Crippen molar-refractivity contribution in [3.05, 3.63) is 65.7 Å². The van der Waals surface area contributed by atoms with Gasteiger partial charge in [-0.25, -0.2) is 0 Å². The Bertz CT molecular complexity index is 605. The van der Waals surface area contributed by atoms with Gasteiger partial charge in [0, 0.05) is 13.5 Å². The first-order valence-electron chi connectivity index (χ1n) is 6.77. The van der Waals surface area contributed by atoms with Gasteiger partial charge < -0.3 is 4.74 Å². The third-order valence-electron chi connectivity index (χ3n) is 3.72. The summed E-state index contributed by atoms with van der Waals surface area (Å²) in [6.45, 7) is 0. The molecule has 0 spiro atoms. The van der Waals surface area contributed by atoms with E-state index in [1.54, 1.807) is 7.11 Å². The van der Waals surface area contributed by atoms with E-state index >= 15 is 0 Å². The van der Waals surface area contributed by atoms with Gasteiger partial charge in [0.15, 0.2) is 0 Å². The van der Waals surface area contributed by atoms with E-state index in [2.05, 4.69) is 41.5 Å². The van der Waals surface area contributed by atoms with E-state index in [0.717, 1.165) is 17.9 Å². The summed E-state index contributed by atoms with van der Waals surface area (Å²) in [5.74, 6) is 0.888.